The second kappa shape index (κ2) is 22.4. The van der Waals surface area contributed by atoms with Crippen LogP contribution >= 0.6 is 6.49 Å². The average molecular weight is 1090 g/mol. The van der Waals surface area contributed by atoms with Gasteiger partial charge in [0.2, 0.25) is 0 Å². The normalized spacial score (nSPS) is 20.9. The number of H-pyrrole nitrogens is 1. The lowest BCUT2D eigenvalue weighted by Gasteiger charge is -2.39. The number of hydrogen-bond donors (Lipinski definition) is 2. The Kier molecular flexibility index (Phi) is 16.1. The van der Waals surface area contributed by atoms with E-state index < -0.39 is 68.5 Å². The molecular formula is C55H64N7O11PSSi. The molecule has 400 valence electrons. The average Bonchev–Trinajstić information content (AvgIpc) is 4.16. The maximum Gasteiger partial charge on any atom is 0.330 e. The highest BCUT2D eigenvalue weighted by Gasteiger charge is 2.48. The van der Waals surface area contributed by atoms with Crippen LogP contribution in [0.5, 0.6) is 11.5 Å². The zero-order valence-electron chi connectivity index (χ0n) is 44.0. The van der Waals surface area contributed by atoms with E-state index in [1.165, 1.54) is 17.1 Å². The number of aromatic nitrogens is 6. The predicted molar refractivity (Wildman–Crippen MR) is 294 cm³/mol. The molecule has 18 nitrogen and oxygen atoms in total. The Morgan fingerprint density at radius 3 is 1.96 bits per heavy atom. The molecular weight excluding hydrogens is 1030 g/mol. The molecule has 2 aliphatic heterocycles. The van der Waals surface area contributed by atoms with E-state index in [9.17, 15) is 14.4 Å². The first-order valence-electron chi connectivity index (χ1n) is 25.0. The lowest BCUT2D eigenvalue weighted by molar-refractivity contribution is -0.0922. The van der Waals surface area contributed by atoms with Crippen LogP contribution in [-0.4, -0.2) is 102 Å². The van der Waals surface area contributed by atoms with Crippen LogP contribution in [0.15, 0.2) is 138 Å². The van der Waals surface area contributed by atoms with Crippen molar-refractivity contribution in [2.45, 2.75) is 101 Å². The molecule has 0 saturated carbocycles. The Balaban J connectivity index is 1.00. The minimum Gasteiger partial charge on any atom is -0.497 e. The SMILES string of the molecule is COc1ccc(C(OC[C@H]2O[C@@H](n3cc(C)c(=O)[nH]c3=O)C[C@@H]2OP(C)(=S)OC[C@H]2O[C@@H](n3cnc4c(NC(=O)c5ccccc5)ncnc43)C[C@@H]2O[Si](C)(C)C(C)(C)C)(c2ccccc2)c2ccc(OC)cc2)cc1. The number of carbonyl (C=O) groups is 1. The van der Waals surface area contributed by atoms with Crippen LogP contribution in [0.2, 0.25) is 18.1 Å². The summed E-state index contributed by atoms with van der Waals surface area (Å²) in [5, 5.41) is 2.76. The monoisotopic (exact) mass is 1090 g/mol. The second-order valence-corrected chi connectivity index (χ2v) is 29.3. The molecule has 2 aliphatic rings. The molecule has 9 rings (SSSR count). The quantitative estimate of drug-likeness (QED) is 0.0441. The van der Waals surface area contributed by atoms with Crippen molar-refractivity contribution in [2.75, 3.05) is 39.4 Å². The summed E-state index contributed by atoms with van der Waals surface area (Å²) in [6.07, 6.45) is 1.07. The van der Waals surface area contributed by atoms with E-state index in [0.717, 1.165) is 16.7 Å². The zero-order valence-corrected chi connectivity index (χ0v) is 46.7. The Hall–Kier alpha value is -6.19. The van der Waals surface area contributed by atoms with Gasteiger partial charge in [0.05, 0.1) is 46.0 Å². The zero-order chi connectivity index (χ0) is 54.0. The van der Waals surface area contributed by atoms with E-state index in [4.69, 9.17) is 49.0 Å². The Labute approximate surface area is 447 Å². The van der Waals surface area contributed by atoms with Gasteiger partial charge in [0, 0.05) is 36.8 Å². The number of amides is 1. The Bertz CT molecular complexity index is 3270. The van der Waals surface area contributed by atoms with Crippen molar-refractivity contribution in [3.05, 3.63) is 177 Å². The smallest absolute Gasteiger partial charge is 0.330 e. The summed E-state index contributed by atoms with van der Waals surface area (Å²) in [6.45, 7) is 11.1. The Morgan fingerprint density at radius 2 is 1.36 bits per heavy atom. The molecule has 1 unspecified atom stereocenters. The highest BCUT2D eigenvalue weighted by atomic mass is 32.5. The number of aryl methyl sites for hydroxylation is 1. The van der Waals surface area contributed by atoms with Crippen LogP contribution in [0.1, 0.15) is 78.7 Å². The number of carbonyl (C=O) groups excluding carboxylic acids is 1. The van der Waals surface area contributed by atoms with E-state index in [2.05, 4.69) is 59.1 Å². The summed E-state index contributed by atoms with van der Waals surface area (Å²) in [5.74, 6) is 1.29. The van der Waals surface area contributed by atoms with Crippen molar-refractivity contribution >= 4 is 49.5 Å². The molecule has 4 aromatic carbocycles. The van der Waals surface area contributed by atoms with Gasteiger partial charge in [-0.25, -0.2) is 19.7 Å². The van der Waals surface area contributed by atoms with Gasteiger partial charge in [-0.2, -0.15) is 0 Å². The summed E-state index contributed by atoms with van der Waals surface area (Å²) in [7, 11) is 0.847. The molecule has 5 heterocycles. The van der Waals surface area contributed by atoms with Crippen molar-refractivity contribution in [3.8, 4) is 11.5 Å². The number of rotatable bonds is 19. The van der Waals surface area contributed by atoms with E-state index in [1.807, 2.05) is 89.5 Å². The minimum atomic E-state index is -3.19. The van der Waals surface area contributed by atoms with Crippen LogP contribution in [0.25, 0.3) is 11.2 Å². The molecule has 2 fully saturated rings. The largest absolute Gasteiger partial charge is 0.497 e. The molecule has 3 aromatic heterocycles. The first-order valence-corrected chi connectivity index (χ1v) is 31.0. The number of benzene rings is 4. The lowest BCUT2D eigenvalue weighted by Crippen LogP contribution is -2.46. The first kappa shape index (κ1) is 54.6. The number of imidazole rings is 1. The predicted octanol–water partition coefficient (Wildman–Crippen LogP) is 9.27. The number of ether oxygens (including phenoxy) is 5. The molecule has 7 aromatic rings. The maximum absolute atomic E-state index is 13.4. The van der Waals surface area contributed by atoms with Gasteiger partial charge in [-0.15, -0.1) is 0 Å². The molecule has 7 atom stereocenters. The first-order chi connectivity index (χ1) is 36.3. The summed E-state index contributed by atoms with van der Waals surface area (Å²) in [6, 6.07) is 34.2. The fraction of sp³-hybridized carbons (Fsp3) is 0.382. The number of nitrogens with zero attached hydrogens (tertiary/aromatic N) is 5. The van der Waals surface area contributed by atoms with Crippen LogP contribution in [0.3, 0.4) is 0 Å². The van der Waals surface area contributed by atoms with Gasteiger partial charge in [0.1, 0.15) is 48.1 Å². The summed E-state index contributed by atoms with van der Waals surface area (Å²) >= 11 is 6.26. The summed E-state index contributed by atoms with van der Waals surface area (Å²) in [5.41, 5.74) is 1.81. The van der Waals surface area contributed by atoms with Crippen molar-refractivity contribution in [1.82, 2.24) is 29.1 Å². The fourth-order valence-corrected chi connectivity index (χ4v) is 12.4. The maximum atomic E-state index is 13.4. The standard InChI is InChI=1S/C55H64N7O11PSSi/c1-35-30-61(53(65)60-51(35)63)46-28-42(44(70-46)31-68-55(37-18-14-11-15-19-37,38-20-24-40(66-5)25-21-38)39-22-26-41(67-6)27-23-39)72-74(7,75)69-32-45-43(73-76(8,9)54(2,3)4)29-47(71-45)62-34-58-48-49(56-33-57-50(48)62)59-52(64)36-16-12-10-13-17-36/h10-27,30,33-34,42-47H,28-29,31-32H2,1-9H3,(H,60,63,65)(H,56,57,59,64)/t42-,43-,44+,45+,46+,47+,74?/m0/s1. The highest BCUT2D eigenvalue weighted by molar-refractivity contribution is 8.09. The second-order valence-electron chi connectivity index (χ2n) is 20.5. The molecule has 76 heavy (non-hydrogen) atoms. The van der Waals surface area contributed by atoms with Crippen molar-refractivity contribution in [2.24, 2.45) is 0 Å². The van der Waals surface area contributed by atoms with Gasteiger partial charge in [-0.1, -0.05) is 93.6 Å². The van der Waals surface area contributed by atoms with Crippen LogP contribution in [-0.2, 0) is 45.1 Å². The van der Waals surface area contributed by atoms with Gasteiger partial charge < -0.3 is 42.5 Å². The van der Waals surface area contributed by atoms with E-state index >= 15 is 0 Å². The fourth-order valence-electron chi connectivity index (χ4n) is 9.32. The minimum absolute atomic E-state index is 0.0202. The van der Waals surface area contributed by atoms with E-state index in [1.54, 1.807) is 58.4 Å². The number of methoxy groups -OCH3 is 2. The van der Waals surface area contributed by atoms with Gasteiger partial charge >= 0.3 is 5.69 Å². The number of aromatic amines is 1. The van der Waals surface area contributed by atoms with Crippen molar-refractivity contribution in [1.29, 1.82) is 0 Å². The lowest BCUT2D eigenvalue weighted by atomic mass is 9.80. The number of nitrogens with one attached hydrogen (secondary N) is 2. The molecule has 21 heteroatoms. The highest BCUT2D eigenvalue weighted by Crippen LogP contribution is 2.51. The van der Waals surface area contributed by atoms with Crippen molar-refractivity contribution < 1.29 is 42.0 Å². The summed E-state index contributed by atoms with van der Waals surface area (Å²) < 4.78 is 55.9. The number of anilines is 1. The molecule has 0 aliphatic carbocycles. The van der Waals surface area contributed by atoms with Gasteiger partial charge in [0.25, 0.3) is 11.5 Å². The molecule has 1 amide bonds. The molecule has 0 bridgehead atoms. The van der Waals surface area contributed by atoms with Crippen molar-refractivity contribution in [3.63, 3.8) is 0 Å². The molecule has 0 radical (unpaired) electrons. The number of hydrogen-bond acceptors (Lipinski definition) is 15. The van der Waals surface area contributed by atoms with Crippen LogP contribution in [0.4, 0.5) is 5.82 Å². The van der Waals surface area contributed by atoms with E-state index in [0.29, 0.717) is 40.2 Å². The topological polar surface area (TPSA) is 201 Å². The third-order valence-electron chi connectivity index (χ3n) is 14.4. The van der Waals surface area contributed by atoms with Gasteiger partial charge in [-0.05, 0) is 90.0 Å². The summed E-state index contributed by atoms with van der Waals surface area (Å²) in [4.78, 5) is 55.1. The van der Waals surface area contributed by atoms with E-state index in [-0.39, 0.29) is 36.4 Å². The van der Waals surface area contributed by atoms with Gasteiger partial charge in [-0.3, -0.25) is 23.7 Å². The van der Waals surface area contributed by atoms with Crippen LogP contribution < -0.4 is 26.0 Å². The molecule has 2 saturated heterocycles. The number of fused-ring (bicyclic) bond motifs is 1. The van der Waals surface area contributed by atoms with Crippen LogP contribution in [0, 0.1) is 6.92 Å². The third-order valence-corrected chi connectivity index (χ3v) is 20.8. The Morgan fingerprint density at radius 1 is 0.789 bits per heavy atom. The third kappa shape index (κ3) is 11.6. The molecule has 2 N–H and O–H groups in total. The molecule has 0 spiro atoms. The van der Waals surface area contributed by atoms with Gasteiger partial charge in [0.15, 0.2) is 31.8 Å².